The van der Waals surface area contributed by atoms with Crippen molar-refractivity contribution in [3.05, 3.63) is 57.1 Å². The van der Waals surface area contributed by atoms with Gasteiger partial charge >= 0.3 is 0 Å². The van der Waals surface area contributed by atoms with Crippen LogP contribution in [0.5, 0.6) is 11.5 Å². The topological polar surface area (TPSA) is 47.6 Å². The van der Waals surface area contributed by atoms with Gasteiger partial charge in [-0.05, 0) is 54.8 Å². The van der Waals surface area contributed by atoms with Crippen LogP contribution < -0.4 is 14.8 Å². The van der Waals surface area contributed by atoms with Gasteiger partial charge in [-0.3, -0.25) is 4.79 Å². The number of carbonyl (C=O) groups is 1. The first-order valence-electron chi connectivity index (χ1n) is 7.41. The molecule has 24 heavy (non-hydrogen) atoms. The molecule has 0 spiro atoms. The lowest BCUT2D eigenvalue weighted by Gasteiger charge is -2.13. The van der Waals surface area contributed by atoms with Gasteiger partial charge < -0.3 is 14.8 Å². The van der Waals surface area contributed by atoms with Gasteiger partial charge in [-0.25, -0.2) is 0 Å². The van der Waals surface area contributed by atoms with E-state index in [0.717, 1.165) is 11.1 Å². The molecule has 2 rings (SSSR count). The lowest BCUT2D eigenvalue weighted by Crippen LogP contribution is -2.26. The van der Waals surface area contributed by atoms with Gasteiger partial charge in [-0.15, -0.1) is 0 Å². The molecule has 0 saturated carbocycles. The average molecular weight is 368 g/mol. The molecule has 0 radical (unpaired) electrons. The average Bonchev–Trinajstić information content (AvgIpc) is 2.55. The van der Waals surface area contributed by atoms with E-state index in [1.165, 1.54) is 0 Å². The SMILES string of the molecule is COc1cc(C)c(CCNC(=O)c2ccc(Cl)cc2Cl)cc1OC. The molecule has 0 aliphatic heterocycles. The van der Waals surface area contributed by atoms with Crippen molar-refractivity contribution in [2.45, 2.75) is 13.3 Å². The van der Waals surface area contributed by atoms with Crippen molar-refractivity contribution >= 4 is 29.1 Å². The van der Waals surface area contributed by atoms with Gasteiger partial charge in [0.15, 0.2) is 11.5 Å². The van der Waals surface area contributed by atoms with Gasteiger partial charge in [-0.1, -0.05) is 23.2 Å². The van der Waals surface area contributed by atoms with Gasteiger partial charge in [0.1, 0.15) is 0 Å². The van der Waals surface area contributed by atoms with Crippen LogP contribution in [0.3, 0.4) is 0 Å². The summed E-state index contributed by atoms with van der Waals surface area (Å²) in [5.41, 5.74) is 2.56. The minimum atomic E-state index is -0.227. The third-order valence-corrected chi connectivity index (χ3v) is 4.25. The van der Waals surface area contributed by atoms with Crippen LogP contribution in [0.4, 0.5) is 0 Å². The molecule has 0 bridgehead atoms. The standard InChI is InChI=1S/C18H19Cl2NO3/c1-11-8-16(23-2)17(24-3)9-12(11)6-7-21-18(22)14-5-4-13(19)10-15(14)20/h4-5,8-10H,6-7H2,1-3H3,(H,21,22). The van der Waals surface area contributed by atoms with E-state index in [4.69, 9.17) is 32.7 Å². The molecule has 2 aromatic rings. The van der Waals surface area contributed by atoms with Crippen molar-refractivity contribution in [2.24, 2.45) is 0 Å². The molecule has 0 heterocycles. The highest BCUT2D eigenvalue weighted by Gasteiger charge is 2.12. The Kier molecular flexibility index (Phi) is 6.35. The minimum Gasteiger partial charge on any atom is -0.493 e. The number of amides is 1. The van der Waals surface area contributed by atoms with E-state index in [1.54, 1.807) is 32.4 Å². The maximum Gasteiger partial charge on any atom is 0.252 e. The van der Waals surface area contributed by atoms with Gasteiger partial charge in [0.05, 0.1) is 24.8 Å². The highest BCUT2D eigenvalue weighted by molar-refractivity contribution is 6.36. The van der Waals surface area contributed by atoms with Crippen LogP contribution in [0.15, 0.2) is 30.3 Å². The molecule has 0 saturated heterocycles. The molecule has 1 amide bonds. The smallest absolute Gasteiger partial charge is 0.252 e. The normalized spacial score (nSPS) is 10.4. The Labute approximate surface area is 151 Å². The van der Waals surface area contributed by atoms with Crippen molar-refractivity contribution in [3.63, 3.8) is 0 Å². The molecule has 0 aromatic heterocycles. The molecule has 128 valence electrons. The minimum absolute atomic E-state index is 0.227. The van der Waals surface area contributed by atoms with Crippen LogP contribution in [-0.4, -0.2) is 26.7 Å². The Bertz CT molecular complexity index is 747. The molecule has 0 aliphatic carbocycles. The summed E-state index contributed by atoms with van der Waals surface area (Å²) in [6.45, 7) is 2.48. The quantitative estimate of drug-likeness (QED) is 0.828. The van der Waals surface area contributed by atoms with Crippen LogP contribution in [0, 0.1) is 6.92 Å². The lowest BCUT2D eigenvalue weighted by molar-refractivity contribution is 0.0954. The van der Waals surface area contributed by atoms with Crippen LogP contribution in [0.25, 0.3) is 0 Å². The maximum absolute atomic E-state index is 12.2. The van der Waals surface area contributed by atoms with Crippen LogP contribution >= 0.6 is 23.2 Å². The van der Waals surface area contributed by atoms with Crippen LogP contribution in [-0.2, 0) is 6.42 Å². The van der Waals surface area contributed by atoms with E-state index in [0.29, 0.717) is 40.1 Å². The van der Waals surface area contributed by atoms with E-state index in [2.05, 4.69) is 5.32 Å². The van der Waals surface area contributed by atoms with Gasteiger partial charge in [-0.2, -0.15) is 0 Å². The lowest BCUT2D eigenvalue weighted by atomic mass is 10.0. The predicted octanol–water partition coefficient (Wildman–Crippen LogP) is 4.29. The maximum atomic E-state index is 12.2. The molecule has 0 fully saturated rings. The van der Waals surface area contributed by atoms with E-state index in [1.807, 2.05) is 19.1 Å². The van der Waals surface area contributed by atoms with Gasteiger partial charge in [0.2, 0.25) is 0 Å². The van der Waals surface area contributed by atoms with Gasteiger partial charge in [0.25, 0.3) is 5.91 Å². The van der Waals surface area contributed by atoms with Crippen LogP contribution in [0.1, 0.15) is 21.5 Å². The fourth-order valence-corrected chi connectivity index (χ4v) is 2.87. The largest absolute Gasteiger partial charge is 0.493 e. The third-order valence-electron chi connectivity index (χ3n) is 3.70. The number of benzene rings is 2. The fraction of sp³-hybridized carbons (Fsp3) is 0.278. The molecule has 1 N–H and O–H groups in total. The summed E-state index contributed by atoms with van der Waals surface area (Å²) < 4.78 is 10.6. The van der Waals surface area contributed by atoms with Crippen molar-refractivity contribution in [2.75, 3.05) is 20.8 Å². The second kappa shape index (κ2) is 8.27. The van der Waals surface area contributed by atoms with Gasteiger partial charge in [0, 0.05) is 11.6 Å². The number of hydrogen-bond donors (Lipinski definition) is 1. The predicted molar refractivity (Wildman–Crippen MR) is 96.8 cm³/mol. The fourth-order valence-electron chi connectivity index (χ4n) is 2.37. The number of carbonyl (C=O) groups excluding carboxylic acids is 1. The molecule has 4 nitrogen and oxygen atoms in total. The first kappa shape index (κ1) is 18.4. The van der Waals surface area contributed by atoms with Crippen molar-refractivity contribution in [1.29, 1.82) is 0 Å². The summed E-state index contributed by atoms with van der Waals surface area (Å²) in [5, 5.41) is 3.70. The molecule has 0 aliphatic rings. The first-order valence-corrected chi connectivity index (χ1v) is 8.16. The summed E-state index contributed by atoms with van der Waals surface area (Å²) in [4.78, 5) is 12.2. The van der Waals surface area contributed by atoms with Crippen molar-refractivity contribution in [1.82, 2.24) is 5.32 Å². The summed E-state index contributed by atoms with van der Waals surface area (Å²) in [7, 11) is 3.20. The van der Waals surface area contributed by atoms with E-state index < -0.39 is 0 Å². The Hall–Kier alpha value is -1.91. The highest BCUT2D eigenvalue weighted by Crippen LogP contribution is 2.30. The summed E-state index contributed by atoms with van der Waals surface area (Å²) in [5.74, 6) is 1.13. The molecular formula is C18H19Cl2NO3. The molecule has 2 aromatic carbocycles. The zero-order chi connectivity index (χ0) is 17.7. The van der Waals surface area contributed by atoms with Crippen molar-refractivity contribution in [3.8, 4) is 11.5 Å². The molecule has 0 atom stereocenters. The summed E-state index contributed by atoms with van der Waals surface area (Å²) >= 11 is 11.9. The highest BCUT2D eigenvalue weighted by atomic mass is 35.5. The summed E-state index contributed by atoms with van der Waals surface area (Å²) in [6, 6.07) is 8.65. The second-order valence-corrected chi connectivity index (χ2v) is 6.11. The Morgan fingerprint density at radius 2 is 1.75 bits per heavy atom. The molecular weight excluding hydrogens is 349 g/mol. The van der Waals surface area contributed by atoms with E-state index in [-0.39, 0.29) is 5.91 Å². The Balaban J connectivity index is 2.02. The first-order chi connectivity index (χ1) is 11.5. The number of nitrogens with one attached hydrogen (secondary N) is 1. The monoisotopic (exact) mass is 367 g/mol. The molecule has 6 heteroatoms. The molecule has 0 unspecified atom stereocenters. The zero-order valence-corrected chi connectivity index (χ0v) is 15.3. The number of hydrogen-bond acceptors (Lipinski definition) is 3. The van der Waals surface area contributed by atoms with Crippen LogP contribution in [0.2, 0.25) is 10.0 Å². The third kappa shape index (κ3) is 4.34. The van der Waals surface area contributed by atoms with Crippen molar-refractivity contribution < 1.29 is 14.3 Å². The zero-order valence-electron chi connectivity index (χ0n) is 13.8. The summed E-state index contributed by atoms with van der Waals surface area (Å²) in [6.07, 6.45) is 0.670. The Morgan fingerprint density at radius 3 is 2.38 bits per heavy atom. The second-order valence-electron chi connectivity index (χ2n) is 5.26. The Morgan fingerprint density at radius 1 is 1.08 bits per heavy atom. The number of ether oxygens (including phenoxy) is 2. The van der Waals surface area contributed by atoms with E-state index in [9.17, 15) is 4.79 Å². The number of methoxy groups -OCH3 is 2. The van der Waals surface area contributed by atoms with E-state index >= 15 is 0 Å². The number of aryl methyl sites for hydroxylation is 1. The number of rotatable bonds is 6. The number of halogens is 2.